The van der Waals surface area contributed by atoms with E-state index in [1.165, 1.54) is 12.1 Å². The first-order chi connectivity index (χ1) is 12.3. The maximum atomic E-state index is 12.2. The Bertz CT molecular complexity index is 944. The topological polar surface area (TPSA) is 90.9 Å². The molecule has 0 aromatic heterocycles. The molecule has 2 aromatic rings. The number of carbonyl (C=O) groups is 1. The highest BCUT2D eigenvalue weighted by Gasteiger charge is 2.17. The molecule has 7 nitrogen and oxygen atoms in total. The number of rotatable bonds is 5. The third-order valence-corrected chi connectivity index (χ3v) is 4.32. The fourth-order valence-corrected chi connectivity index (χ4v) is 3.25. The normalized spacial score (nSPS) is 13.2. The van der Waals surface area contributed by atoms with Gasteiger partial charge in [-0.2, -0.15) is 0 Å². The highest BCUT2D eigenvalue weighted by atomic mass is 35.5. The molecule has 0 fully saturated rings. The Morgan fingerprint density at radius 3 is 2.77 bits per heavy atom. The average Bonchev–Trinajstić information content (AvgIpc) is 2.58. The van der Waals surface area contributed by atoms with Crippen LogP contribution in [0.25, 0.3) is 0 Å². The van der Waals surface area contributed by atoms with Gasteiger partial charge in [-0.1, -0.05) is 17.7 Å². The Balaban J connectivity index is 1.69. The van der Waals surface area contributed by atoms with Gasteiger partial charge in [-0.25, -0.2) is 13.2 Å². The van der Waals surface area contributed by atoms with Crippen LogP contribution in [0.5, 0.6) is 11.5 Å². The van der Waals surface area contributed by atoms with E-state index in [0.717, 1.165) is 6.26 Å². The number of benzene rings is 2. The molecule has 1 heterocycles. The molecule has 1 aliphatic rings. The minimum atomic E-state index is -3.43. The monoisotopic (exact) mass is 397 g/mol. The summed E-state index contributed by atoms with van der Waals surface area (Å²) in [6, 6.07) is 9.38. The molecule has 0 atom stereocenters. The zero-order valence-corrected chi connectivity index (χ0v) is 15.4. The predicted molar refractivity (Wildman–Crippen MR) is 96.5 cm³/mol. The second-order valence-corrected chi connectivity index (χ2v) is 7.79. The largest absolute Gasteiger partial charge is 0.486 e. The summed E-state index contributed by atoms with van der Waals surface area (Å²) in [5.74, 6) is 0.398. The molecule has 0 saturated heterocycles. The van der Waals surface area contributed by atoms with Crippen molar-refractivity contribution in [2.75, 3.05) is 24.2 Å². The van der Waals surface area contributed by atoms with Gasteiger partial charge in [0.2, 0.25) is 10.0 Å². The standard InChI is InChI=1S/C17H16ClNO6S/c1-26(21,22)19-13-4-2-3-12(9-13)17(20)25-10-11-7-14(18)16-15(8-11)23-5-6-24-16/h2-4,7-9,19H,5-6,10H2,1H3. The Labute approximate surface area is 155 Å². The average molecular weight is 398 g/mol. The van der Waals surface area contributed by atoms with Gasteiger partial charge >= 0.3 is 5.97 Å². The maximum absolute atomic E-state index is 12.2. The van der Waals surface area contributed by atoms with Crippen LogP contribution in [0.2, 0.25) is 5.02 Å². The zero-order chi connectivity index (χ0) is 18.7. The number of anilines is 1. The SMILES string of the molecule is CS(=O)(=O)Nc1cccc(C(=O)OCc2cc(Cl)c3c(c2)OCCO3)c1. The van der Waals surface area contributed by atoms with Gasteiger partial charge < -0.3 is 14.2 Å². The zero-order valence-electron chi connectivity index (χ0n) is 13.8. The number of ether oxygens (including phenoxy) is 3. The van der Waals surface area contributed by atoms with Gasteiger partial charge in [0.25, 0.3) is 0 Å². The van der Waals surface area contributed by atoms with Gasteiger partial charge in [0.15, 0.2) is 11.5 Å². The van der Waals surface area contributed by atoms with Crippen molar-refractivity contribution in [2.45, 2.75) is 6.61 Å². The van der Waals surface area contributed by atoms with Gasteiger partial charge in [0.1, 0.15) is 19.8 Å². The second-order valence-electron chi connectivity index (χ2n) is 5.63. The van der Waals surface area contributed by atoms with Crippen LogP contribution in [0.1, 0.15) is 15.9 Å². The molecule has 0 bridgehead atoms. The number of carbonyl (C=O) groups excluding carboxylic acids is 1. The Morgan fingerprint density at radius 1 is 1.23 bits per heavy atom. The molecule has 0 aliphatic carbocycles. The van der Waals surface area contributed by atoms with Crippen LogP contribution < -0.4 is 14.2 Å². The molecule has 2 aromatic carbocycles. The molecule has 0 unspecified atom stereocenters. The lowest BCUT2D eigenvalue weighted by Crippen LogP contribution is -2.16. The van der Waals surface area contributed by atoms with Gasteiger partial charge in [-0.3, -0.25) is 4.72 Å². The fourth-order valence-electron chi connectivity index (χ4n) is 2.40. The van der Waals surface area contributed by atoms with Crippen molar-refractivity contribution in [1.82, 2.24) is 0 Å². The van der Waals surface area contributed by atoms with Crippen LogP contribution in [0.4, 0.5) is 5.69 Å². The smallest absolute Gasteiger partial charge is 0.338 e. The van der Waals surface area contributed by atoms with Crippen molar-refractivity contribution in [3.8, 4) is 11.5 Å². The van der Waals surface area contributed by atoms with Gasteiger partial charge in [-0.15, -0.1) is 0 Å². The third kappa shape index (κ3) is 4.59. The van der Waals surface area contributed by atoms with Crippen molar-refractivity contribution in [1.29, 1.82) is 0 Å². The molecular formula is C17H16ClNO6S. The van der Waals surface area contributed by atoms with E-state index in [2.05, 4.69) is 4.72 Å². The molecule has 0 amide bonds. The van der Waals surface area contributed by atoms with E-state index in [1.807, 2.05) is 0 Å². The van der Waals surface area contributed by atoms with E-state index in [9.17, 15) is 13.2 Å². The van der Waals surface area contributed by atoms with Crippen LogP contribution in [0.3, 0.4) is 0 Å². The molecular weight excluding hydrogens is 382 g/mol. The summed E-state index contributed by atoms with van der Waals surface area (Å²) in [6.07, 6.45) is 1.03. The molecule has 138 valence electrons. The van der Waals surface area contributed by atoms with Gasteiger partial charge in [-0.05, 0) is 35.9 Å². The summed E-state index contributed by atoms with van der Waals surface area (Å²) in [5, 5.41) is 0.382. The van der Waals surface area contributed by atoms with Crippen LogP contribution in [0.15, 0.2) is 36.4 Å². The number of halogens is 1. The summed E-state index contributed by atoms with van der Waals surface area (Å²) in [7, 11) is -3.43. The van der Waals surface area contributed by atoms with E-state index in [0.29, 0.717) is 35.3 Å². The van der Waals surface area contributed by atoms with Crippen LogP contribution in [-0.2, 0) is 21.4 Å². The Morgan fingerprint density at radius 2 is 2.00 bits per heavy atom. The highest BCUT2D eigenvalue weighted by molar-refractivity contribution is 7.92. The van der Waals surface area contributed by atoms with Crippen molar-refractivity contribution < 1.29 is 27.4 Å². The number of hydrogen-bond acceptors (Lipinski definition) is 6. The quantitative estimate of drug-likeness (QED) is 0.780. The van der Waals surface area contributed by atoms with Crippen molar-refractivity contribution in [2.24, 2.45) is 0 Å². The molecule has 9 heteroatoms. The fraction of sp³-hybridized carbons (Fsp3) is 0.235. The summed E-state index contributed by atoms with van der Waals surface area (Å²) in [5.41, 5.74) is 1.16. The maximum Gasteiger partial charge on any atom is 0.338 e. The Kier molecular flexibility index (Phi) is 5.24. The highest BCUT2D eigenvalue weighted by Crippen LogP contribution is 2.38. The first kappa shape index (κ1) is 18.3. The van der Waals surface area contributed by atoms with Gasteiger partial charge in [0, 0.05) is 5.69 Å². The Hall–Kier alpha value is -2.45. The van der Waals surface area contributed by atoms with Crippen LogP contribution >= 0.6 is 11.6 Å². The molecule has 3 rings (SSSR count). The summed E-state index contributed by atoms with van der Waals surface area (Å²) in [4.78, 5) is 12.2. The molecule has 0 saturated carbocycles. The van der Waals surface area contributed by atoms with E-state index < -0.39 is 16.0 Å². The molecule has 1 aliphatic heterocycles. The van der Waals surface area contributed by atoms with Gasteiger partial charge in [0.05, 0.1) is 16.8 Å². The van der Waals surface area contributed by atoms with E-state index in [4.69, 9.17) is 25.8 Å². The van der Waals surface area contributed by atoms with Crippen molar-refractivity contribution in [3.63, 3.8) is 0 Å². The lowest BCUT2D eigenvalue weighted by Gasteiger charge is -2.20. The van der Waals surface area contributed by atoms with Crippen LogP contribution in [0, 0.1) is 0 Å². The minimum Gasteiger partial charge on any atom is -0.486 e. The third-order valence-electron chi connectivity index (χ3n) is 3.43. The lowest BCUT2D eigenvalue weighted by molar-refractivity contribution is 0.0472. The second kappa shape index (κ2) is 7.43. The molecule has 26 heavy (non-hydrogen) atoms. The summed E-state index contributed by atoms with van der Waals surface area (Å²) >= 11 is 6.15. The lowest BCUT2D eigenvalue weighted by atomic mass is 10.2. The number of nitrogens with one attached hydrogen (secondary N) is 1. The summed E-state index contributed by atoms with van der Waals surface area (Å²) < 4.78 is 41.1. The van der Waals surface area contributed by atoms with Crippen LogP contribution in [-0.4, -0.2) is 33.9 Å². The minimum absolute atomic E-state index is 0.0150. The number of hydrogen-bond donors (Lipinski definition) is 1. The molecule has 1 N–H and O–H groups in total. The first-order valence-electron chi connectivity index (χ1n) is 7.65. The first-order valence-corrected chi connectivity index (χ1v) is 9.92. The molecule has 0 spiro atoms. The van der Waals surface area contributed by atoms with E-state index >= 15 is 0 Å². The number of esters is 1. The molecule has 0 radical (unpaired) electrons. The summed E-state index contributed by atoms with van der Waals surface area (Å²) in [6.45, 7) is 0.838. The van der Waals surface area contributed by atoms with E-state index in [1.54, 1.807) is 24.3 Å². The van der Waals surface area contributed by atoms with Crippen molar-refractivity contribution in [3.05, 3.63) is 52.5 Å². The van der Waals surface area contributed by atoms with Crippen molar-refractivity contribution >= 4 is 33.3 Å². The number of sulfonamides is 1. The van der Waals surface area contributed by atoms with E-state index in [-0.39, 0.29) is 17.9 Å². The number of fused-ring (bicyclic) bond motifs is 1. The predicted octanol–water partition coefficient (Wildman–Crippen LogP) is 2.84.